The zero-order chi connectivity index (χ0) is 13.7. The van der Waals surface area contributed by atoms with Gasteiger partial charge in [0.1, 0.15) is 0 Å². The second-order valence-electron chi connectivity index (χ2n) is 2.93. The predicted octanol–water partition coefficient (Wildman–Crippen LogP) is -0.0346. The molecule has 0 spiro atoms. The molecule has 0 aliphatic heterocycles. The van der Waals surface area contributed by atoms with Crippen LogP contribution in [0.3, 0.4) is 0 Å². The molecule has 0 aromatic rings. The van der Waals surface area contributed by atoms with Crippen LogP contribution in [0.5, 0.6) is 0 Å². The second kappa shape index (κ2) is 6.14. The largest absolute Gasteiger partial charge is 0.469 e. The van der Waals surface area contributed by atoms with E-state index in [0.717, 1.165) is 0 Å². The maximum absolute atomic E-state index is 11.0. The van der Waals surface area contributed by atoms with Crippen LogP contribution in [-0.4, -0.2) is 33.5 Å². The van der Waals surface area contributed by atoms with Gasteiger partial charge in [-0.25, -0.2) is 4.79 Å². The van der Waals surface area contributed by atoms with Gasteiger partial charge in [-0.05, 0) is 12.8 Å². The van der Waals surface area contributed by atoms with E-state index in [4.69, 9.17) is 4.55 Å². The third-order valence-electron chi connectivity index (χ3n) is 1.65. The summed E-state index contributed by atoms with van der Waals surface area (Å²) in [6.07, 6.45) is -0.322. The van der Waals surface area contributed by atoms with Gasteiger partial charge in [-0.2, -0.15) is 16.8 Å². The molecule has 0 rings (SSSR count). The SMILES string of the molecule is CCC(CC)NC(=O)OS(=O)(=O)OS(=O)(=O)O. The molecule has 0 aromatic heterocycles. The van der Waals surface area contributed by atoms with Gasteiger partial charge in [0.05, 0.1) is 0 Å². The molecule has 9 nitrogen and oxygen atoms in total. The number of hydrogen-bond acceptors (Lipinski definition) is 7. The normalized spacial score (nSPS) is 12.5. The fraction of sp³-hybridized carbons (Fsp3) is 0.833. The van der Waals surface area contributed by atoms with E-state index >= 15 is 0 Å². The van der Waals surface area contributed by atoms with Gasteiger partial charge in [0.25, 0.3) is 0 Å². The van der Waals surface area contributed by atoms with E-state index < -0.39 is 26.9 Å². The summed E-state index contributed by atoms with van der Waals surface area (Å²) in [5, 5.41) is 2.16. The van der Waals surface area contributed by atoms with Crippen molar-refractivity contribution in [2.45, 2.75) is 32.7 Å². The van der Waals surface area contributed by atoms with Gasteiger partial charge in [0, 0.05) is 6.04 Å². The van der Waals surface area contributed by atoms with E-state index in [1.807, 2.05) is 0 Å². The molecule has 2 N–H and O–H groups in total. The number of amides is 1. The molecule has 0 unspecified atom stereocenters. The fourth-order valence-electron chi connectivity index (χ4n) is 0.895. The minimum absolute atomic E-state index is 0.316. The highest BCUT2D eigenvalue weighted by Crippen LogP contribution is 2.03. The van der Waals surface area contributed by atoms with Crippen LogP contribution in [-0.2, 0) is 28.6 Å². The van der Waals surface area contributed by atoms with Crippen LogP contribution >= 0.6 is 0 Å². The van der Waals surface area contributed by atoms with Crippen molar-refractivity contribution in [2.75, 3.05) is 0 Å². The Hall–Kier alpha value is -0.910. The second-order valence-corrected chi connectivity index (χ2v) is 5.32. The Balaban J connectivity index is 4.48. The van der Waals surface area contributed by atoms with Crippen molar-refractivity contribution in [1.82, 2.24) is 5.32 Å². The fourth-order valence-corrected chi connectivity index (χ4v) is 2.08. The van der Waals surface area contributed by atoms with Crippen LogP contribution in [0, 0.1) is 0 Å². The van der Waals surface area contributed by atoms with E-state index in [2.05, 4.69) is 13.1 Å². The Kier molecular flexibility index (Phi) is 5.81. The third-order valence-corrected chi connectivity index (χ3v) is 3.36. The van der Waals surface area contributed by atoms with Gasteiger partial charge in [-0.3, -0.25) is 4.55 Å². The van der Waals surface area contributed by atoms with Crippen molar-refractivity contribution in [3.8, 4) is 0 Å². The van der Waals surface area contributed by atoms with Crippen molar-refractivity contribution in [3.05, 3.63) is 0 Å². The summed E-state index contributed by atoms with van der Waals surface area (Å²) >= 11 is 0. The molecule has 102 valence electrons. The van der Waals surface area contributed by atoms with Crippen LogP contribution in [0.1, 0.15) is 26.7 Å². The highest BCUT2D eigenvalue weighted by atomic mass is 32.3. The van der Waals surface area contributed by atoms with Crippen LogP contribution in [0.4, 0.5) is 4.79 Å². The lowest BCUT2D eigenvalue weighted by molar-refractivity contribution is 0.191. The lowest BCUT2D eigenvalue weighted by atomic mass is 10.2. The Morgan fingerprint density at radius 2 is 1.71 bits per heavy atom. The summed E-state index contributed by atoms with van der Waals surface area (Å²) in [6.45, 7) is 3.50. The number of carbonyl (C=O) groups is 1. The lowest BCUT2D eigenvalue weighted by Gasteiger charge is -2.13. The number of nitrogens with one attached hydrogen (secondary N) is 1. The maximum Gasteiger partial charge on any atom is 0.469 e. The van der Waals surface area contributed by atoms with E-state index in [1.165, 1.54) is 0 Å². The maximum atomic E-state index is 11.0. The first kappa shape index (κ1) is 16.1. The first-order valence-electron chi connectivity index (χ1n) is 4.53. The number of hydrogen-bond donors (Lipinski definition) is 2. The molecule has 0 saturated heterocycles. The van der Waals surface area contributed by atoms with Crippen molar-refractivity contribution < 1.29 is 34.0 Å². The Morgan fingerprint density at radius 1 is 1.24 bits per heavy atom. The van der Waals surface area contributed by atoms with Crippen LogP contribution in [0.2, 0.25) is 0 Å². The van der Waals surface area contributed by atoms with E-state index in [1.54, 1.807) is 13.8 Å². The molecule has 0 aliphatic rings. The molecule has 0 aliphatic carbocycles. The van der Waals surface area contributed by atoms with E-state index in [-0.39, 0.29) is 6.04 Å². The zero-order valence-corrected chi connectivity index (χ0v) is 10.7. The molecule has 0 bridgehead atoms. The summed E-state index contributed by atoms with van der Waals surface area (Å²) < 4.78 is 56.7. The van der Waals surface area contributed by atoms with Gasteiger partial charge in [-0.15, -0.1) is 0 Å². The monoisotopic (exact) mass is 291 g/mol. The van der Waals surface area contributed by atoms with Crippen molar-refractivity contribution in [2.24, 2.45) is 0 Å². The summed E-state index contributed by atoms with van der Waals surface area (Å²) in [6, 6.07) is -0.316. The van der Waals surface area contributed by atoms with Crippen LogP contribution < -0.4 is 5.32 Å². The highest BCUT2D eigenvalue weighted by molar-refractivity contribution is 7.95. The molecular formula is C6H13NO8S2. The summed E-state index contributed by atoms with van der Waals surface area (Å²) in [5.41, 5.74) is 0. The summed E-state index contributed by atoms with van der Waals surface area (Å²) in [5.74, 6) is 0. The quantitative estimate of drug-likeness (QED) is 0.651. The molecule has 11 heteroatoms. The molecule has 0 atom stereocenters. The Bertz CT molecular complexity index is 448. The first-order valence-corrected chi connectivity index (χ1v) is 7.23. The van der Waals surface area contributed by atoms with Gasteiger partial charge < -0.3 is 9.50 Å². The zero-order valence-electron chi connectivity index (χ0n) is 9.11. The predicted molar refractivity (Wildman–Crippen MR) is 55.5 cm³/mol. The Morgan fingerprint density at radius 3 is 2.06 bits per heavy atom. The van der Waals surface area contributed by atoms with Crippen molar-refractivity contribution >= 4 is 26.9 Å². The molecule has 1 amide bonds. The minimum atomic E-state index is -5.26. The summed E-state index contributed by atoms with van der Waals surface area (Å²) in [4.78, 5) is 11.0. The van der Waals surface area contributed by atoms with Crippen molar-refractivity contribution in [1.29, 1.82) is 0 Å². The molecule has 0 radical (unpaired) electrons. The van der Waals surface area contributed by atoms with E-state index in [0.29, 0.717) is 12.8 Å². The first-order chi connectivity index (χ1) is 7.59. The summed E-state index contributed by atoms with van der Waals surface area (Å²) in [7, 11) is -10.4. The number of rotatable bonds is 6. The van der Waals surface area contributed by atoms with Crippen LogP contribution in [0.25, 0.3) is 0 Å². The smallest absolute Gasteiger partial charge is 0.318 e. The average Bonchev–Trinajstić information content (AvgIpc) is 2.08. The molecule has 17 heavy (non-hydrogen) atoms. The highest BCUT2D eigenvalue weighted by Gasteiger charge is 2.26. The third kappa shape index (κ3) is 7.90. The molecular weight excluding hydrogens is 278 g/mol. The van der Waals surface area contributed by atoms with Gasteiger partial charge in [0.2, 0.25) is 0 Å². The Labute approximate surface area is 99.4 Å². The minimum Gasteiger partial charge on any atom is -0.318 e. The van der Waals surface area contributed by atoms with Gasteiger partial charge >= 0.3 is 26.9 Å². The lowest BCUT2D eigenvalue weighted by Crippen LogP contribution is -2.36. The van der Waals surface area contributed by atoms with Crippen molar-refractivity contribution in [3.63, 3.8) is 0 Å². The van der Waals surface area contributed by atoms with Gasteiger partial charge in [-0.1, -0.05) is 17.5 Å². The molecule has 0 heterocycles. The topological polar surface area (TPSA) is 136 Å². The molecule has 0 fully saturated rings. The molecule has 0 saturated carbocycles. The standard InChI is InChI=1S/C6H13NO8S2/c1-3-5(4-2)7-6(8)14-17(12,13)15-16(9,10)11/h5H,3-4H2,1-2H3,(H,7,8)(H,9,10,11). The van der Waals surface area contributed by atoms with E-state index in [9.17, 15) is 21.6 Å². The molecule has 0 aromatic carbocycles. The van der Waals surface area contributed by atoms with Crippen LogP contribution in [0.15, 0.2) is 0 Å². The average molecular weight is 291 g/mol. The number of carbonyl (C=O) groups excluding carboxylic acids is 1. The van der Waals surface area contributed by atoms with Gasteiger partial charge in [0.15, 0.2) is 0 Å².